The SMILES string of the molecule is Cc1ccc([C@@H]2N=C(c3nccs3)N3C[C@@H](NS(=O)(=O)C4CC4)CC3=C2c2cnn(C(F)F)c2)c(Cl)c1. The van der Waals surface area contributed by atoms with Crippen LogP contribution >= 0.6 is 22.9 Å². The maximum Gasteiger partial charge on any atom is 0.333 e. The first-order chi connectivity index (χ1) is 17.7. The standard InChI is InChI=1S/C24H23ClF2N6O2S2/c1-13-2-5-17(18(25)8-13)21-20(14-10-29-33(11-14)24(26)27)19-9-15(31-37(34,35)16-3-4-16)12-32(19)22(30-21)23-28-6-7-36-23/h2,5-8,10-11,15-16,21,24,31H,3-4,9,12H2,1H3/t15-,21-/m0/s1. The van der Waals surface area contributed by atoms with Crippen LogP contribution in [0.1, 0.15) is 53.6 Å². The van der Waals surface area contributed by atoms with Crippen LogP contribution in [0.25, 0.3) is 5.57 Å². The minimum atomic E-state index is -3.44. The lowest BCUT2D eigenvalue weighted by molar-refractivity contribution is 0.0566. The molecule has 1 saturated heterocycles. The van der Waals surface area contributed by atoms with Crippen molar-refractivity contribution in [2.24, 2.45) is 4.99 Å². The Morgan fingerprint density at radius 2 is 2.08 bits per heavy atom. The average molecular weight is 565 g/mol. The molecule has 3 aromatic rings. The molecule has 0 radical (unpaired) electrons. The zero-order valence-electron chi connectivity index (χ0n) is 19.7. The van der Waals surface area contributed by atoms with Crippen LogP contribution in [0.2, 0.25) is 5.02 Å². The molecule has 0 spiro atoms. The topological polar surface area (TPSA) is 92.5 Å². The van der Waals surface area contributed by atoms with Crippen molar-refractivity contribution in [3.63, 3.8) is 0 Å². The molecule has 2 fully saturated rings. The molecule has 2 aromatic heterocycles. The minimum Gasteiger partial charge on any atom is -0.326 e. The van der Waals surface area contributed by atoms with Gasteiger partial charge in [-0.25, -0.2) is 22.8 Å². The number of aromatic nitrogens is 3. The van der Waals surface area contributed by atoms with E-state index in [-0.39, 0.29) is 5.25 Å². The molecule has 0 bridgehead atoms. The van der Waals surface area contributed by atoms with Crippen LogP contribution in [0.4, 0.5) is 8.78 Å². The number of aliphatic imine (C=N–C) groups is 1. The lowest BCUT2D eigenvalue weighted by atomic mass is 9.90. The van der Waals surface area contributed by atoms with Gasteiger partial charge in [0.05, 0.1) is 11.4 Å². The van der Waals surface area contributed by atoms with Crippen molar-refractivity contribution in [1.29, 1.82) is 0 Å². The highest BCUT2D eigenvalue weighted by Crippen LogP contribution is 2.47. The van der Waals surface area contributed by atoms with Gasteiger partial charge in [0.15, 0.2) is 10.8 Å². The van der Waals surface area contributed by atoms with E-state index in [1.807, 2.05) is 35.4 Å². The van der Waals surface area contributed by atoms with E-state index in [2.05, 4.69) is 14.8 Å². The van der Waals surface area contributed by atoms with E-state index < -0.39 is 28.7 Å². The van der Waals surface area contributed by atoms with E-state index in [4.69, 9.17) is 16.6 Å². The van der Waals surface area contributed by atoms with Gasteiger partial charge in [-0.15, -0.1) is 11.3 Å². The van der Waals surface area contributed by atoms with Crippen molar-refractivity contribution in [3.05, 3.63) is 74.6 Å². The fourth-order valence-electron chi connectivity index (χ4n) is 4.90. The number of aryl methyl sites for hydroxylation is 1. The van der Waals surface area contributed by atoms with Crippen LogP contribution in [0.5, 0.6) is 0 Å². The molecule has 6 rings (SSSR count). The number of nitrogens with zero attached hydrogens (tertiary/aromatic N) is 5. The molecule has 2 atom stereocenters. The van der Waals surface area contributed by atoms with Crippen molar-refractivity contribution in [3.8, 4) is 0 Å². The molecule has 13 heteroatoms. The van der Waals surface area contributed by atoms with Gasteiger partial charge in [0.25, 0.3) is 0 Å². The van der Waals surface area contributed by atoms with Crippen molar-refractivity contribution in [1.82, 2.24) is 24.4 Å². The molecular weight excluding hydrogens is 542 g/mol. The van der Waals surface area contributed by atoms with Gasteiger partial charge in [-0.1, -0.05) is 23.7 Å². The molecule has 194 valence electrons. The summed E-state index contributed by atoms with van der Waals surface area (Å²) in [7, 11) is -3.44. The van der Waals surface area contributed by atoms with Crippen LogP contribution in [-0.2, 0) is 10.0 Å². The second-order valence-corrected chi connectivity index (χ2v) is 12.7. The molecular formula is C24H23ClF2N6O2S2. The lowest BCUT2D eigenvalue weighted by Crippen LogP contribution is -2.40. The molecule has 0 unspecified atom stereocenters. The van der Waals surface area contributed by atoms with Gasteiger partial charge >= 0.3 is 6.55 Å². The third-order valence-corrected chi connectivity index (χ3v) is 9.85. The maximum absolute atomic E-state index is 13.5. The highest BCUT2D eigenvalue weighted by Gasteiger charge is 2.44. The number of amidine groups is 1. The Balaban J connectivity index is 1.51. The predicted molar refractivity (Wildman–Crippen MR) is 138 cm³/mol. The fraction of sp³-hybridized carbons (Fsp3) is 0.375. The molecule has 1 saturated carbocycles. The highest BCUT2D eigenvalue weighted by molar-refractivity contribution is 7.90. The zero-order chi connectivity index (χ0) is 25.9. The summed E-state index contributed by atoms with van der Waals surface area (Å²) in [5.74, 6) is 0.602. The Hall–Kier alpha value is -2.67. The number of fused-ring (bicyclic) bond motifs is 1. The first-order valence-corrected chi connectivity index (χ1v) is 14.6. The molecule has 8 nitrogen and oxygen atoms in total. The smallest absolute Gasteiger partial charge is 0.326 e. The van der Waals surface area contributed by atoms with E-state index >= 15 is 0 Å². The molecule has 3 aliphatic rings. The summed E-state index contributed by atoms with van der Waals surface area (Å²) >= 11 is 8.12. The van der Waals surface area contributed by atoms with Gasteiger partial charge in [-0.05, 0) is 37.0 Å². The number of hydrogen-bond acceptors (Lipinski definition) is 7. The van der Waals surface area contributed by atoms with E-state index in [9.17, 15) is 17.2 Å². The summed E-state index contributed by atoms with van der Waals surface area (Å²) in [4.78, 5) is 11.5. The van der Waals surface area contributed by atoms with Crippen molar-refractivity contribution in [2.45, 2.75) is 50.1 Å². The second kappa shape index (κ2) is 9.26. The van der Waals surface area contributed by atoms with Gasteiger partial charge in [0.2, 0.25) is 10.0 Å². The first kappa shape index (κ1) is 24.7. The summed E-state index contributed by atoms with van der Waals surface area (Å²) in [5.41, 5.74) is 3.64. The number of alkyl halides is 2. The van der Waals surface area contributed by atoms with Crippen molar-refractivity contribution in [2.75, 3.05) is 6.54 Å². The fourth-order valence-corrected chi connectivity index (χ4v) is 7.45. The zero-order valence-corrected chi connectivity index (χ0v) is 22.1. The molecule has 4 heterocycles. The van der Waals surface area contributed by atoms with Gasteiger partial charge < -0.3 is 4.90 Å². The summed E-state index contributed by atoms with van der Waals surface area (Å²) in [5, 5.41) is 6.54. The molecule has 1 aromatic carbocycles. The number of halogens is 3. The van der Waals surface area contributed by atoms with Crippen LogP contribution in [0, 0.1) is 6.92 Å². The maximum atomic E-state index is 13.5. The summed E-state index contributed by atoms with van der Waals surface area (Å²) in [6.45, 7) is -0.514. The Bertz CT molecular complexity index is 1520. The van der Waals surface area contributed by atoms with Crippen molar-refractivity contribution < 1.29 is 17.2 Å². The minimum absolute atomic E-state index is 0.348. The van der Waals surface area contributed by atoms with Gasteiger partial charge in [0, 0.05) is 58.6 Å². The van der Waals surface area contributed by atoms with E-state index in [0.29, 0.717) is 57.5 Å². The summed E-state index contributed by atoms with van der Waals surface area (Å²) < 4.78 is 55.9. The number of nitrogens with one attached hydrogen (secondary N) is 1. The average Bonchev–Trinajstić information content (AvgIpc) is 3.21. The number of benzene rings is 1. The third-order valence-electron chi connectivity index (χ3n) is 6.74. The molecule has 1 N–H and O–H groups in total. The van der Waals surface area contributed by atoms with Gasteiger partial charge in [-0.2, -0.15) is 13.9 Å². The number of rotatable bonds is 7. The molecule has 2 aliphatic heterocycles. The predicted octanol–water partition coefficient (Wildman–Crippen LogP) is 4.77. The number of hydrogen-bond donors (Lipinski definition) is 1. The Morgan fingerprint density at radius 3 is 2.73 bits per heavy atom. The van der Waals surface area contributed by atoms with Crippen LogP contribution in [0.3, 0.4) is 0 Å². The highest BCUT2D eigenvalue weighted by atomic mass is 35.5. The van der Waals surface area contributed by atoms with Crippen LogP contribution in [0.15, 0.2) is 52.9 Å². The molecule has 0 amide bonds. The second-order valence-electron chi connectivity index (χ2n) is 9.44. The van der Waals surface area contributed by atoms with E-state index in [1.165, 1.54) is 23.7 Å². The molecule has 37 heavy (non-hydrogen) atoms. The monoisotopic (exact) mass is 564 g/mol. The van der Waals surface area contributed by atoms with Gasteiger partial charge in [0.1, 0.15) is 6.04 Å². The van der Waals surface area contributed by atoms with Gasteiger partial charge in [-0.3, -0.25) is 4.99 Å². The lowest BCUT2D eigenvalue weighted by Gasteiger charge is -2.32. The summed E-state index contributed by atoms with van der Waals surface area (Å²) in [6, 6.07) is 4.64. The summed E-state index contributed by atoms with van der Waals surface area (Å²) in [6.07, 6.45) is 6.06. The third kappa shape index (κ3) is 4.60. The van der Waals surface area contributed by atoms with Crippen LogP contribution in [-0.4, -0.2) is 51.8 Å². The van der Waals surface area contributed by atoms with E-state index in [0.717, 1.165) is 16.8 Å². The van der Waals surface area contributed by atoms with Crippen LogP contribution < -0.4 is 4.72 Å². The normalized spacial score (nSPS) is 22.1. The first-order valence-electron chi connectivity index (χ1n) is 11.8. The van der Waals surface area contributed by atoms with Crippen molar-refractivity contribution >= 4 is 44.4 Å². The quantitative estimate of drug-likeness (QED) is 0.446. The van der Waals surface area contributed by atoms with E-state index in [1.54, 1.807) is 6.20 Å². The Kier molecular flexibility index (Phi) is 6.17. The molecule has 1 aliphatic carbocycles. The Morgan fingerprint density at radius 1 is 1.27 bits per heavy atom. The Labute approximate surface area is 221 Å². The largest absolute Gasteiger partial charge is 0.333 e. The number of sulfonamides is 1. The number of thiazole rings is 1.